The summed E-state index contributed by atoms with van der Waals surface area (Å²) in [5.41, 5.74) is 1.27. The molecule has 1 aromatic rings. The molecule has 2 nitrogen and oxygen atoms in total. The third-order valence-corrected chi connectivity index (χ3v) is 3.06. The van der Waals surface area contributed by atoms with Gasteiger partial charge in [0.2, 0.25) is 0 Å². The molecule has 0 saturated carbocycles. The Balaban J connectivity index is 1.98. The van der Waals surface area contributed by atoms with E-state index in [4.69, 9.17) is 4.74 Å². The summed E-state index contributed by atoms with van der Waals surface area (Å²) in [5.74, 6) is 0. The predicted octanol–water partition coefficient (Wildman–Crippen LogP) is 3.93. The predicted molar refractivity (Wildman–Crippen MR) is 77.8 cm³/mol. The first kappa shape index (κ1) is 15.2. The monoisotopic (exact) mass is 249 g/mol. The summed E-state index contributed by atoms with van der Waals surface area (Å²) >= 11 is 0. The third-order valence-electron chi connectivity index (χ3n) is 3.06. The molecule has 0 aliphatic rings. The number of rotatable bonds is 10. The van der Waals surface area contributed by atoms with Crippen molar-refractivity contribution in [1.29, 1.82) is 0 Å². The highest BCUT2D eigenvalue weighted by Gasteiger charge is 2.03. The summed E-state index contributed by atoms with van der Waals surface area (Å²) in [6.45, 7) is 7.47. The minimum Gasteiger partial charge on any atom is -0.374 e. The molecule has 1 rings (SSSR count). The van der Waals surface area contributed by atoms with Crippen LogP contribution in [0.2, 0.25) is 0 Å². The van der Waals surface area contributed by atoms with Gasteiger partial charge in [-0.25, -0.2) is 0 Å². The lowest BCUT2D eigenvalue weighted by Crippen LogP contribution is -2.15. The number of hydrogen-bond acceptors (Lipinski definition) is 2. The zero-order valence-electron chi connectivity index (χ0n) is 11.8. The van der Waals surface area contributed by atoms with Gasteiger partial charge in [-0.1, -0.05) is 37.3 Å². The van der Waals surface area contributed by atoms with E-state index in [2.05, 4.69) is 43.4 Å². The molecule has 18 heavy (non-hydrogen) atoms. The number of unbranched alkanes of at least 4 members (excludes halogenated alkanes) is 2. The summed E-state index contributed by atoms with van der Waals surface area (Å²) in [5, 5.41) is 3.42. The lowest BCUT2D eigenvalue weighted by atomic mass is 10.1. The molecule has 2 heteroatoms. The van der Waals surface area contributed by atoms with Crippen LogP contribution < -0.4 is 5.32 Å². The Morgan fingerprint density at radius 2 is 1.83 bits per heavy atom. The number of ether oxygens (including phenoxy) is 1. The molecule has 0 heterocycles. The highest BCUT2D eigenvalue weighted by atomic mass is 16.5. The molecule has 0 aromatic heterocycles. The van der Waals surface area contributed by atoms with Crippen LogP contribution in [0.5, 0.6) is 0 Å². The molecule has 0 fully saturated rings. The van der Waals surface area contributed by atoms with Gasteiger partial charge in [-0.05, 0) is 51.3 Å². The molecule has 102 valence electrons. The van der Waals surface area contributed by atoms with Crippen LogP contribution >= 0.6 is 0 Å². The maximum Gasteiger partial charge on any atom is 0.0796 e. The van der Waals surface area contributed by atoms with E-state index in [1.807, 2.05) is 6.07 Å². The summed E-state index contributed by atoms with van der Waals surface area (Å²) in [6.07, 6.45) is 5.09. The molecule has 0 aliphatic heterocycles. The van der Waals surface area contributed by atoms with Crippen molar-refractivity contribution in [3.8, 4) is 0 Å². The number of nitrogens with one attached hydrogen (secondary N) is 1. The third kappa shape index (κ3) is 6.77. The van der Waals surface area contributed by atoms with Gasteiger partial charge in [-0.15, -0.1) is 0 Å². The van der Waals surface area contributed by atoms with Crippen LogP contribution in [0.15, 0.2) is 30.3 Å². The van der Waals surface area contributed by atoms with Gasteiger partial charge in [0, 0.05) is 6.61 Å². The summed E-state index contributed by atoms with van der Waals surface area (Å²) < 4.78 is 5.84. The van der Waals surface area contributed by atoms with Gasteiger partial charge < -0.3 is 10.1 Å². The van der Waals surface area contributed by atoms with E-state index in [-0.39, 0.29) is 6.10 Å². The first-order valence-electron chi connectivity index (χ1n) is 7.22. The van der Waals surface area contributed by atoms with E-state index in [9.17, 15) is 0 Å². The van der Waals surface area contributed by atoms with Crippen LogP contribution in [-0.4, -0.2) is 19.7 Å². The van der Waals surface area contributed by atoms with Gasteiger partial charge in [-0.3, -0.25) is 0 Å². The van der Waals surface area contributed by atoms with Crippen LogP contribution in [0.25, 0.3) is 0 Å². The maximum absolute atomic E-state index is 5.84. The molecule has 1 N–H and O–H groups in total. The fraction of sp³-hybridized carbons (Fsp3) is 0.625. The fourth-order valence-electron chi connectivity index (χ4n) is 1.91. The SMILES string of the molecule is CCCNCCCCCOC(C)c1ccccc1. The maximum atomic E-state index is 5.84. The quantitative estimate of drug-likeness (QED) is 0.634. The second-order valence-corrected chi connectivity index (χ2v) is 4.73. The first-order valence-corrected chi connectivity index (χ1v) is 7.22. The summed E-state index contributed by atoms with van der Waals surface area (Å²) in [4.78, 5) is 0. The smallest absolute Gasteiger partial charge is 0.0796 e. The van der Waals surface area contributed by atoms with Crippen LogP contribution in [0.1, 0.15) is 51.2 Å². The molecule has 0 amide bonds. The highest BCUT2D eigenvalue weighted by Crippen LogP contribution is 2.16. The van der Waals surface area contributed by atoms with Crippen molar-refractivity contribution in [2.75, 3.05) is 19.7 Å². The number of benzene rings is 1. The zero-order valence-corrected chi connectivity index (χ0v) is 11.8. The minimum absolute atomic E-state index is 0.212. The highest BCUT2D eigenvalue weighted by molar-refractivity contribution is 5.16. The molecule has 1 atom stereocenters. The van der Waals surface area contributed by atoms with Crippen LogP contribution in [0.4, 0.5) is 0 Å². The van der Waals surface area contributed by atoms with Crippen LogP contribution in [0.3, 0.4) is 0 Å². The minimum atomic E-state index is 0.212. The molecular formula is C16H27NO. The van der Waals surface area contributed by atoms with Gasteiger partial charge in [0.1, 0.15) is 0 Å². The zero-order chi connectivity index (χ0) is 13.1. The van der Waals surface area contributed by atoms with Crippen molar-refractivity contribution in [3.05, 3.63) is 35.9 Å². The Hall–Kier alpha value is -0.860. The molecule has 0 aliphatic carbocycles. The van der Waals surface area contributed by atoms with Crippen molar-refractivity contribution < 1.29 is 4.74 Å². The largest absolute Gasteiger partial charge is 0.374 e. The lowest BCUT2D eigenvalue weighted by Gasteiger charge is -2.13. The fourth-order valence-corrected chi connectivity index (χ4v) is 1.91. The molecule has 0 bridgehead atoms. The van der Waals surface area contributed by atoms with E-state index in [1.54, 1.807) is 0 Å². The van der Waals surface area contributed by atoms with Gasteiger partial charge in [0.15, 0.2) is 0 Å². The molecule has 0 radical (unpaired) electrons. The lowest BCUT2D eigenvalue weighted by molar-refractivity contribution is 0.0628. The average Bonchev–Trinajstić information content (AvgIpc) is 2.42. The molecular weight excluding hydrogens is 222 g/mol. The van der Waals surface area contributed by atoms with Crippen molar-refractivity contribution in [2.24, 2.45) is 0 Å². The second kappa shape index (κ2) is 10.1. The van der Waals surface area contributed by atoms with Gasteiger partial charge in [0.05, 0.1) is 6.10 Å². The molecule has 1 unspecified atom stereocenters. The normalized spacial score (nSPS) is 12.6. The summed E-state index contributed by atoms with van der Waals surface area (Å²) in [6, 6.07) is 10.4. The Kier molecular flexibility index (Phi) is 8.53. The van der Waals surface area contributed by atoms with Crippen molar-refractivity contribution in [1.82, 2.24) is 5.32 Å². The Labute approximate surface area is 112 Å². The van der Waals surface area contributed by atoms with Crippen molar-refractivity contribution in [3.63, 3.8) is 0 Å². The second-order valence-electron chi connectivity index (χ2n) is 4.73. The molecule has 0 saturated heterocycles. The van der Waals surface area contributed by atoms with E-state index in [0.717, 1.165) is 26.1 Å². The van der Waals surface area contributed by atoms with Gasteiger partial charge in [-0.2, -0.15) is 0 Å². The molecule has 1 aromatic carbocycles. The van der Waals surface area contributed by atoms with E-state index in [0.29, 0.717) is 0 Å². The molecule has 0 spiro atoms. The average molecular weight is 249 g/mol. The van der Waals surface area contributed by atoms with E-state index >= 15 is 0 Å². The number of hydrogen-bond donors (Lipinski definition) is 1. The Bertz CT molecular complexity index is 286. The van der Waals surface area contributed by atoms with Gasteiger partial charge in [0.25, 0.3) is 0 Å². The topological polar surface area (TPSA) is 21.3 Å². The van der Waals surface area contributed by atoms with Crippen LogP contribution in [0, 0.1) is 0 Å². The van der Waals surface area contributed by atoms with Crippen LogP contribution in [-0.2, 0) is 4.74 Å². The van der Waals surface area contributed by atoms with Crippen molar-refractivity contribution >= 4 is 0 Å². The Morgan fingerprint density at radius 3 is 2.56 bits per heavy atom. The summed E-state index contributed by atoms with van der Waals surface area (Å²) in [7, 11) is 0. The Morgan fingerprint density at radius 1 is 1.06 bits per heavy atom. The van der Waals surface area contributed by atoms with Crippen molar-refractivity contribution in [2.45, 2.75) is 45.6 Å². The van der Waals surface area contributed by atoms with E-state index in [1.165, 1.54) is 24.8 Å². The first-order chi connectivity index (χ1) is 8.84. The van der Waals surface area contributed by atoms with E-state index < -0.39 is 0 Å². The standard InChI is InChI=1S/C16H27NO/c1-3-12-17-13-8-5-9-14-18-15(2)16-10-6-4-7-11-16/h4,6-7,10-11,15,17H,3,5,8-9,12-14H2,1-2H3. The van der Waals surface area contributed by atoms with Gasteiger partial charge >= 0.3 is 0 Å².